The first-order chi connectivity index (χ1) is 12.3. The van der Waals surface area contributed by atoms with Gasteiger partial charge in [0.05, 0.1) is 27.2 Å². The van der Waals surface area contributed by atoms with Crippen LogP contribution in [-0.2, 0) is 9.84 Å². The van der Waals surface area contributed by atoms with Crippen LogP contribution < -0.4 is 5.32 Å². The molecule has 136 valence electrons. The number of fused-ring (bicyclic) bond motifs is 1. The minimum absolute atomic E-state index is 0.0925. The third-order valence-corrected chi connectivity index (χ3v) is 6.17. The van der Waals surface area contributed by atoms with Gasteiger partial charge in [-0.15, -0.1) is 0 Å². The Morgan fingerprint density at radius 2 is 2.12 bits per heavy atom. The third-order valence-electron chi connectivity index (χ3n) is 3.26. The van der Waals surface area contributed by atoms with Crippen LogP contribution in [0.5, 0.6) is 0 Å². The van der Waals surface area contributed by atoms with E-state index in [0.29, 0.717) is 16.6 Å². The fourth-order valence-corrected chi connectivity index (χ4v) is 4.35. The van der Waals surface area contributed by atoms with E-state index in [0.717, 1.165) is 17.5 Å². The van der Waals surface area contributed by atoms with Gasteiger partial charge in [-0.25, -0.2) is 27.8 Å². The van der Waals surface area contributed by atoms with Crippen molar-refractivity contribution in [2.45, 2.75) is 18.5 Å². The summed E-state index contributed by atoms with van der Waals surface area (Å²) in [5.74, 6) is -1.28. The Morgan fingerprint density at radius 3 is 2.85 bits per heavy atom. The van der Waals surface area contributed by atoms with Crippen molar-refractivity contribution in [2.24, 2.45) is 0 Å². The van der Waals surface area contributed by atoms with Gasteiger partial charge in [0.15, 0.2) is 10.8 Å². The average Bonchev–Trinajstić information content (AvgIpc) is 2.96. The molecule has 0 fully saturated rings. The fraction of sp³-hybridized carbons (Fsp3) is 0.200. The van der Waals surface area contributed by atoms with Gasteiger partial charge in [0, 0.05) is 0 Å². The Labute approximate surface area is 157 Å². The smallest absolute Gasteiger partial charge is 0.277 e. The zero-order chi connectivity index (χ0) is 18.9. The lowest BCUT2D eigenvalue weighted by Gasteiger charge is -2.06. The molecular formula is C15H12ClFN4O3S2. The van der Waals surface area contributed by atoms with Gasteiger partial charge >= 0.3 is 0 Å². The van der Waals surface area contributed by atoms with Crippen LogP contribution in [0, 0.1) is 5.82 Å². The van der Waals surface area contributed by atoms with Gasteiger partial charge in [-0.1, -0.05) is 29.9 Å². The molecule has 0 aliphatic carbocycles. The monoisotopic (exact) mass is 414 g/mol. The summed E-state index contributed by atoms with van der Waals surface area (Å²) in [6, 6.07) is 4.06. The van der Waals surface area contributed by atoms with Crippen LogP contribution in [0.3, 0.4) is 0 Å². The lowest BCUT2D eigenvalue weighted by molar-refractivity contribution is 0.102. The third kappa shape index (κ3) is 3.81. The molecule has 0 unspecified atom stereocenters. The van der Waals surface area contributed by atoms with E-state index in [2.05, 4.69) is 20.3 Å². The van der Waals surface area contributed by atoms with E-state index >= 15 is 0 Å². The summed E-state index contributed by atoms with van der Waals surface area (Å²) in [7, 11) is -3.70. The summed E-state index contributed by atoms with van der Waals surface area (Å²) in [6.45, 7) is 1.71. The van der Waals surface area contributed by atoms with Gasteiger partial charge in [-0.3, -0.25) is 10.1 Å². The first-order valence-corrected chi connectivity index (χ1v) is 10.3. The molecule has 26 heavy (non-hydrogen) atoms. The van der Waals surface area contributed by atoms with E-state index < -0.39 is 26.7 Å². The molecule has 0 saturated heterocycles. The summed E-state index contributed by atoms with van der Waals surface area (Å²) in [6.07, 6.45) is 1.46. The van der Waals surface area contributed by atoms with Crippen molar-refractivity contribution in [3.05, 3.63) is 40.9 Å². The predicted molar refractivity (Wildman–Crippen MR) is 96.9 cm³/mol. The Kier molecular flexibility index (Phi) is 5.17. The van der Waals surface area contributed by atoms with Crippen LogP contribution in [0.1, 0.15) is 23.8 Å². The maximum atomic E-state index is 13.2. The van der Waals surface area contributed by atoms with Crippen molar-refractivity contribution in [1.82, 2.24) is 15.0 Å². The molecule has 0 atom stereocenters. The van der Waals surface area contributed by atoms with Gasteiger partial charge in [-0.05, 0) is 24.6 Å². The molecule has 0 radical (unpaired) electrons. The quantitative estimate of drug-likeness (QED) is 0.642. The number of carbonyl (C=O) groups is 1. The summed E-state index contributed by atoms with van der Waals surface area (Å²) in [4.78, 5) is 24.1. The number of carbonyl (C=O) groups excluding carboxylic acids is 1. The van der Waals surface area contributed by atoms with Gasteiger partial charge in [0.2, 0.25) is 15.0 Å². The van der Waals surface area contributed by atoms with E-state index in [4.69, 9.17) is 11.6 Å². The largest absolute Gasteiger partial charge is 0.296 e. The number of halogens is 2. The van der Waals surface area contributed by atoms with Crippen molar-refractivity contribution in [1.29, 1.82) is 0 Å². The lowest BCUT2D eigenvalue weighted by atomic mass is 10.3. The van der Waals surface area contributed by atoms with Gasteiger partial charge in [0.1, 0.15) is 5.82 Å². The molecule has 2 aromatic heterocycles. The first-order valence-electron chi connectivity index (χ1n) is 7.43. The van der Waals surface area contributed by atoms with Crippen molar-refractivity contribution >= 4 is 54.0 Å². The van der Waals surface area contributed by atoms with Crippen LogP contribution in [0.4, 0.5) is 9.52 Å². The molecule has 1 aromatic carbocycles. The molecule has 3 rings (SSSR count). The lowest BCUT2D eigenvalue weighted by Crippen LogP contribution is -2.18. The number of aromatic nitrogens is 3. The van der Waals surface area contributed by atoms with E-state index in [9.17, 15) is 17.6 Å². The Balaban J connectivity index is 1.91. The molecule has 2 heterocycles. The van der Waals surface area contributed by atoms with Crippen molar-refractivity contribution < 1.29 is 17.6 Å². The maximum absolute atomic E-state index is 13.2. The Hall–Kier alpha value is -2.17. The summed E-state index contributed by atoms with van der Waals surface area (Å²) >= 11 is 7.01. The molecule has 0 bridgehead atoms. The molecule has 0 aliphatic rings. The molecule has 11 heteroatoms. The van der Waals surface area contributed by atoms with Crippen LogP contribution >= 0.6 is 22.9 Å². The van der Waals surface area contributed by atoms with E-state index in [1.165, 1.54) is 18.2 Å². The van der Waals surface area contributed by atoms with Crippen molar-refractivity contribution in [3.8, 4) is 0 Å². The summed E-state index contributed by atoms with van der Waals surface area (Å²) in [5.41, 5.74) is 0.244. The highest BCUT2D eigenvalue weighted by atomic mass is 35.5. The topological polar surface area (TPSA) is 102 Å². The molecular weight excluding hydrogens is 403 g/mol. The van der Waals surface area contributed by atoms with Crippen molar-refractivity contribution in [2.75, 3.05) is 11.1 Å². The normalized spacial score (nSPS) is 11.7. The second-order valence-corrected chi connectivity index (χ2v) is 8.69. The van der Waals surface area contributed by atoms with Gasteiger partial charge < -0.3 is 0 Å². The van der Waals surface area contributed by atoms with Crippen LogP contribution in [0.25, 0.3) is 10.2 Å². The number of hydrogen-bond donors (Lipinski definition) is 1. The van der Waals surface area contributed by atoms with E-state index in [-0.39, 0.29) is 21.6 Å². The Bertz CT molecular complexity index is 1100. The highest BCUT2D eigenvalue weighted by Crippen LogP contribution is 2.27. The number of anilines is 1. The maximum Gasteiger partial charge on any atom is 0.277 e. The minimum Gasteiger partial charge on any atom is -0.296 e. The number of hydrogen-bond acceptors (Lipinski definition) is 7. The zero-order valence-electron chi connectivity index (χ0n) is 13.4. The molecule has 0 saturated carbocycles. The highest BCUT2D eigenvalue weighted by Gasteiger charge is 2.22. The van der Waals surface area contributed by atoms with Crippen LogP contribution in [0.15, 0.2) is 29.6 Å². The molecule has 3 aromatic rings. The van der Waals surface area contributed by atoms with Gasteiger partial charge in [0.25, 0.3) is 5.91 Å². The second-order valence-electron chi connectivity index (χ2n) is 5.25. The Morgan fingerprint density at radius 1 is 1.35 bits per heavy atom. The molecule has 1 N–H and O–H groups in total. The van der Waals surface area contributed by atoms with Crippen molar-refractivity contribution in [3.63, 3.8) is 0 Å². The van der Waals surface area contributed by atoms with Gasteiger partial charge in [-0.2, -0.15) is 0 Å². The van der Waals surface area contributed by atoms with E-state index in [1.807, 2.05) is 0 Å². The molecule has 0 aliphatic heterocycles. The number of nitrogens with zero attached hydrogens (tertiary/aromatic N) is 3. The molecule has 0 spiro atoms. The highest BCUT2D eigenvalue weighted by molar-refractivity contribution is 7.91. The van der Waals surface area contributed by atoms with Crippen LogP contribution in [0.2, 0.25) is 5.02 Å². The summed E-state index contributed by atoms with van der Waals surface area (Å²) in [5, 5.41) is 2.16. The van der Waals surface area contributed by atoms with E-state index in [1.54, 1.807) is 6.92 Å². The zero-order valence-corrected chi connectivity index (χ0v) is 15.8. The minimum atomic E-state index is -3.70. The molecule has 1 amide bonds. The average molecular weight is 415 g/mol. The number of nitrogens with one attached hydrogen (secondary N) is 1. The van der Waals surface area contributed by atoms with Crippen LogP contribution in [-0.4, -0.2) is 35.0 Å². The predicted octanol–water partition coefficient (Wildman–Crippen LogP) is 3.31. The number of amides is 1. The fourth-order valence-electron chi connectivity index (χ4n) is 2.13. The second kappa shape index (κ2) is 7.22. The SMILES string of the molecule is CCCS(=O)(=O)c1ncc(Cl)c(C(=O)Nc2nc3ccc(F)cc3s2)n1. The standard InChI is InChI=1S/C15H12ClFN4O3S2/c1-2-5-26(23,24)15-18-7-9(16)12(20-15)13(22)21-14-19-10-4-3-8(17)6-11(10)25-14/h3-4,6-7H,2,5H2,1H3,(H,19,21,22). The number of thiazole rings is 1. The number of sulfone groups is 1. The first kappa shape index (κ1) is 18.6. The number of rotatable bonds is 5. The number of benzene rings is 1. The summed E-state index contributed by atoms with van der Waals surface area (Å²) < 4.78 is 38.0. The molecule has 7 nitrogen and oxygen atoms in total.